The molecule has 2 aromatic rings. The lowest BCUT2D eigenvalue weighted by Crippen LogP contribution is -2.30. The van der Waals surface area contributed by atoms with Gasteiger partial charge in [-0.05, 0) is 32.3 Å². The first-order valence-corrected chi connectivity index (χ1v) is 7.45. The van der Waals surface area contributed by atoms with Crippen LogP contribution in [-0.4, -0.2) is 55.0 Å². The number of anilines is 1. The van der Waals surface area contributed by atoms with Crippen LogP contribution in [0.25, 0.3) is 10.6 Å². The number of amides is 1. The highest BCUT2D eigenvalue weighted by molar-refractivity contribution is 7.17. The Bertz CT molecular complexity index is 611. The Morgan fingerprint density at radius 2 is 2.14 bits per heavy atom. The number of nitrogens with one attached hydrogen (secondary N) is 2. The molecule has 2 N–H and O–H groups in total. The number of rotatable bonds is 6. The molecule has 6 nitrogen and oxygen atoms in total. The van der Waals surface area contributed by atoms with Crippen LogP contribution in [0.15, 0.2) is 24.4 Å². The topological polar surface area (TPSA) is 70.2 Å². The second-order valence-corrected chi connectivity index (χ2v) is 5.82. The summed E-state index contributed by atoms with van der Waals surface area (Å²) in [5, 5.41) is 5.81. The van der Waals surface area contributed by atoms with Gasteiger partial charge in [-0.2, -0.15) is 0 Å². The van der Waals surface area contributed by atoms with E-state index in [1.807, 2.05) is 37.2 Å². The third kappa shape index (κ3) is 4.24. The van der Waals surface area contributed by atoms with Gasteiger partial charge in [-0.15, -0.1) is 11.3 Å². The molecule has 7 heteroatoms. The van der Waals surface area contributed by atoms with Gasteiger partial charge in [-0.1, -0.05) is 0 Å². The molecule has 2 aromatic heterocycles. The van der Waals surface area contributed by atoms with Gasteiger partial charge >= 0.3 is 0 Å². The van der Waals surface area contributed by atoms with Crippen molar-refractivity contribution in [2.75, 3.05) is 39.5 Å². The zero-order valence-corrected chi connectivity index (χ0v) is 13.2. The molecule has 0 saturated heterocycles. The van der Waals surface area contributed by atoms with Crippen molar-refractivity contribution < 1.29 is 4.79 Å². The summed E-state index contributed by atoms with van der Waals surface area (Å²) < 4.78 is 0. The van der Waals surface area contributed by atoms with Crippen molar-refractivity contribution >= 4 is 23.2 Å². The van der Waals surface area contributed by atoms with Crippen molar-refractivity contribution in [2.45, 2.75) is 0 Å². The fourth-order valence-corrected chi connectivity index (χ4v) is 2.59. The Labute approximate surface area is 128 Å². The van der Waals surface area contributed by atoms with Crippen LogP contribution in [0.2, 0.25) is 0 Å². The maximum Gasteiger partial charge on any atom is 0.261 e. The number of hydrogen-bond acceptors (Lipinski definition) is 6. The van der Waals surface area contributed by atoms with Gasteiger partial charge in [-0.25, -0.2) is 9.97 Å². The number of likely N-dealkylation sites (N-methyl/N-ethyl adjacent to an activating group) is 1. The van der Waals surface area contributed by atoms with Crippen LogP contribution in [0, 0.1) is 0 Å². The highest BCUT2D eigenvalue weighted by Gasteiger charge is 2.11. The molecule has 0 spiro atoms. The molecule has 0 aliphatic carbocycles. The smallest absolute Gasteiger partial charge is 0.261 e. The van der Waals surface area contributed by atoms with E-state index < -0.39 is 0 Å². The van der Waals surface area contributed by atoms with Crippen molar-refractivity contribution in [3.05, 3.63) is 29.3 Å². The Morgan fingerprint density at radius 3 is 2.86 bits per heavy atom. The molecule has 112 valence electrons. The van der Waals surface area contributed by atoms with Crippen LogP contribution >= 0.6 is 11.3 Å². The summed E-state index contributed by atoms with van der Waals surface area (Å²) in [5.74, 6) is 0.522. The number of thiophene rings is 1. The SMILES string of the molecule is CNc1nccc(-c2ccc(C(=O)NCCN(C)C)s2)n1. The Balaban J connectivity index is 2.05. The molecule has 0 unspecified atom stereocenters. The van der Waals surface area contributed by atoms with Crippen molar-refractivity contribution in [3.63, 3.8) is 0 Å². The van der Waals surface area contributed by atoms with Crippen LogP contribution in [0.1, 0.15) is 9.67 Å². The minimum absolute atomic E-state index is 0.0454. The average Bonchev–Trinajstić information content (AvgIpc) is 2.97. The van der Waals surface area contributed by atoms with Crippen LogP contribution in [-0.2, 0) is 0 Å². The normalized spacial score (nSPS) is 10.7. The number of aromatic nitrogens is 2. The lowest BCUT2D eigenvalue weighted by Gasteiger charge is -2.09. The van der Waals surface area contributed by atoms with E-state index in [0.717, 1.165) is 17.1 Å². The van der Waals surface area contributed by atoms with Gasteiger partial charge in [0.05, 0.1) is 15.4 Å². The van der Waals surface area contributed by atoms with E-state index in [4.69, 9.17) is 0 Å². The van der Waals surface area contributed by atoms with E-state index in [1.165, 1.54) is 11.3 Å². The first-order valence-electron chi connectivity index (χ1n) is 6.64. The highest BCUT2D eigenvalue weighted by Crippen LogP contribution is 2.26. The quantitative estimate of drug-likeness (QED) is 0.847. The first-order chi connectivity index (χ1) is 10.1. The van der Waals surface area contributed by atoms with Crippen LogP contribution in [0.5, 0.6) is 0 Å². The first kappa shape index (κ1) is 15.4. The molecule has 0 bridgehead atoms. The van der Waals surface area contributed by atoms with Gasteiger partial charge in [0, 0.05) is 26.3 Å². The number of hydrogen-bond donors (Lipinski definition) is 2. The minimum atomic E-state index is -0.0454. The Hall–Kier alpha value is -1.99. The van der Waals surface area contributed by atoms with E-state index in [-0.39, 0.29) is 5.91 Å². The highest BCUT2D eigenvalue weighted by atomic mass is 32.1. The van der Waals surface area contributed by atoms with Crippen molar-refractivity contribution in [1.29, 1.82) is 0 Å². The number of carbonyl (C=O) groups is 1. The van der Waals surface area contributed by atoms with Gasteiger partial charge in [0.25, 0.3) is 5.91 Å². The molecule has 0 aliphatic rings. The third-order valence-electron chi connectivity index (χ3n) is 2.81. The molecule has 21 heavy (non-hydrogen) atoms. The van der Waals surface area contributed by atoms with Gasteiger partial charge in [0.15, 0.2) is 0 Å². The summed E-state index contributed by atoms with van der Waals surface area (Å²) in [7, 11) is 5.73. The summed E-state index contributed by atoms with van der Waals surface area (Å²) in [4.78, 5) is 24.1. The maximum absolute atomic E-state index is 12.0. The van der Waals surface area contributed by atoms with E-state index in [1.54, 1.807) is 13.2 Å². The third-order valence-corrected chi connectivity index (χ3v) is 3.91. The molecule has 1 amide bonds. The van der Waals surface area contributed by atoms with E-state index in [0.29, 0.717) is 17.4 Å². The predicted molar refractivity (Wildman–Crippen MR) is 85.8 cm³/mol. The monoisotopic (exact) mass is 305 g/mol. The largest absolute Gasteiger partial charge is 0.357 e. The molecular formula is C14H19N5OS. The molecule has 2 rings (SSSR count). The van der Waals surface area contributed by atoms with Gasteiger partial charge in [-0.3, -0.25) is 4.79 Å². The van der Waals surface area contributed by atoms with Crippen molar-refractivity contribution in [2.24, 2.45) is 0 Å². The molecule has 0 aliphatic heterocycles. The summed E-state index contributed by atoms with van der Waals surface area (Å²) in [6.07, 6.45) is 1.70. The van der Waals surface area contributed by atoms with Crippen molar-refractivity contribution in [3.8, 4) is 10.6 Å². The fraction of sp³-hybridized carbons (Fsp3) is 0.357. The summed E-state index contributed by atoms with van der Waals surface area (Å²) >= 11 is 1.43. The Kier molecular flexibility index (Phi) is 5.24. The minimum Gasteiger partial charge on any atom is -0.357 e. The maximum atomic E-state index is 12.0. The summed E-state index contributed by atoms with van der Waals surface area (Å²) in [6, 6.07) is 5.57. The van der Waals surface area contributed by atoms with Gasteiger partial charge in [0.2, 0.25) is 5.95 Å². The van der Waals surface area contributed by atoms with Gasteiger partial charge in [0.1, 0.15) is 0 Å². The molecule has 0 radical (unpaired) electrons. The molecule has 0 fully saturated rings. The molecular weight excluding hydrogens is 286 g/mol. The number of carbonyl (C=O) groups excluding carboxylic acids is 1. The zero-order chi connectivity index (χ0) is 15.2. The Morgan fingerprint density at radius 1 is 1.33 bits per heavy atom. The van der Waals surface area contributed by atoms with Crippen LogP contribution in [0.4, 0.5) is 5.95 Å². The number of nitrogens with zero attached hydrogens (tertiary/aromatic N) is 3. The molecule has 0 atom stereocenters. The molecule has 0 aromatic carbocycles. The van der Waals surface area contributed by atoms with E-state index in [2.05, 4.69) is 20.6 Å². The standard InChI is InChI=1S/C14H19N5OS/c1-15-14-17-7-6-10(18-14)11-4-5-12(21-11)13(20)16-8-9-19(2)3/h4-7H,8-9H2,1-3H3,(H,16,20)(H,15,17,18). The second kappa shape index (κ2) is 7.14. The lowest BCUT2D eigenvalue weighted by atomic mass is 10.3. The zero-order valence-electron chi connectivity index (χ0n) is 12.4. The lowest BCUT2D eigenvalue weighted by molar-refractivity contribution is 0.0955. The average molecular weight is 305 g/mol. The summed E-state index contributed by atoms with van der Waals surface area (Å²) in [5.41, 5.74) is 0.812. The van der Waals surface area contributed by atoms with Crippen LogP contribution < -0.4 is 10.6 Å². The van der Waals surface area contributed by atoms with Crippen LogP contribution in [0.3, 0.4) is 0 Å². The van der Waals surface area contributed by atoms with E-state index >= 15 is 0 Å². The van der Waals surface area contributed by atoms with Gasteiger partial charge < -0.3 is 15.5 Å². The summed E-state index contributed by atoms with van der Waals surface area (Å²) in [6.45, 7) is 1.46. The second-order valence-electron chi connectivity index (χ2n) is 4.74. The van der Waals surface area contributed by atoms with Crippen molar-refractivity contribution in [1.82, 2.24) is 20.2 Å². The predicted octanol–water partition coefficient (Wildman–Crippen LogP) is 1.54. The fourth-order valence-electron chi connectivity index (χ4n) is 1.69. The molecule has 2 heterocycles. The molecule has 0 saturated carbocycles. The van der Waals surface area contributed by atoms with E-state index in [9.17, 15) is 4.79 Å².